The van der Waals surface area contributed by atoms with E-state index in [1.807, 2.05) is 19.1 Å². The molecular formula is C16H17N5O. The van der Waals surface area contributed by atoms with Crippen LogP contribution < -0.4 is 10.6 Å². The lowest BCUT2D eigenvalue weighted by Gasteiger charge is -2.29. The molecule has 0 saturated carbocycles. The third-order valence-corrected chi connectivity index (χ3v) is 3.39. The van der Waals surface area contributed by atoms with Crippen molar-refractivity contribution < 1.29 is 4.74 Å². The van der Waals surface area contributed by atoms with E-state index >= 15 is 0 Å². The highest BCUT2D eigenvalue weighted by atomic mass is 16.5. The Hall–Kier alpha value is -2.65. The standard InChI is InChI=1S/C16H17N5O/c1-12-14(5-4-13-3-2-6-18-11-13)15(20-16(17)19-12)21-7-9-22-10-8-21/h2-3,6,11H,7-10H2,1H3,(H2,17,19,20). The average molecular weight is 295 g/mol. The molecule has 112 valence electrons. The molecule has 1 aliphatic rings. The molecule has 0 radical (unpaired) electrons. The summed E-state index contributed by atoms with van der Waals surface area (Å²) in [7, 11) is 0. The Morgan fingerprint density at radius 1 is 1.23 bits per heavy atom. The molecule has 6 nitrogen and oxygen atoms in total. The van der Waals surface area contributed by atoms with Gasteiger partial charge in [0.05, 0.1) is 24.5 Å². The number of rotatable bonds is 1. The monoisotopic (exact) mass is 295 g/mol. The first-order valence-corrected chi connectivity index (χ1v) is 7.13. The number of aromatic nitrogens is 3. The normalized spacial score (nSPS) is 14.3. The summed E-state index contributed by atoms with van der Waals surface area (Å²) in [6, 6.07) is 3.78. The summed E-state index contributed by atoms with van der Waals surface area (Å²) in [5.74, 6) is 7.33. The van der Waals surface area contributed by atoms with Crippen LogP contribution in [-0.2, 0) is 4.74 Å². The highest BCUT2D eigenvalue weighted by Crippen LogP contribution is 2.21. The van der Waals surface area contributed by atoms with E-state index in [-0.39, 0.29) is 5.95 Å². The SMILES string of the molecule is Cc1nc(N)nc(N2CCOCC2)c1C#Cc1cccnc1. The van der Waals surface area contributed by atoms with E-state index in [0.29, 0.717) is 13.2 Å². The van der Waals surface area contributed by atoms with Crippen molar-refractivity contribution >= 4 is 11.8 Å². The van der Waals surface area contributed by atoms with Gasteiger partial charge < -0.3 is 15.4 Å². The maximum Gasteiger partial charge on any atom is 0.222 e. The van der Waals surface area contributed by atoms with Crippen molar-refractivity contribution in [1.29, 1.82) is 0 Å². The second-order valence-corrected chi connectivity index (χ2v) is 4.96. The van der Waals surface area contributed by atoms with Crippen LogP contribution in [0.5, 0.6) is 0 Å². The first-order valence-electron chi connectivity index (χ1n) is 7.13. The number of nitrogen functional groups attached to an aromatic ring is 1. The fraction of sp³-hybridized carbons (Fsp3) is 0.312. The Kier molecular flexibility index (Phi) is 4.17. The van der Waals surface area contributed by atoms with Gasteiger partial charge in [-0.25, -0.2) is 4.98 Å². The molecule has 0 spiro atoms. The molecule has 2 aromatic heterocycles. The second-order valence-electron chi connectivity index (χ2n) is 4.96. The Bertz CT molecular complexity index is 715. The topological polar surface area (TPSA) is 77.2 Å². The molecule has 22 heavy (non-hydrogen) atoms. The zero-order valence-electron chi connectivity index (χ0n) is 12.4. The molecule has 0 amide bonds. The van der Waals surface area contributed by atoms with Gasteiger partial charge in [-0.2, -0.15) is 4.98 Å². The van der Waals surface area contributed by atoms with E-state index in [4.69, 9.17) is 10.5 Å². The minimum absolute atomic E-state index is 0.269. The predicted octanol–water partition coefficient (Wildman–Crippen LogP) is 0.999. The van der Waals surface area contributed by atoms with Crippen LogP contribution in [0.1, 0.15) is 16.8 Å². The number of morpholine rings is 1. The van der Waals surface area contributed by atoms with Crippen molar-refractivity contribution in [3.05, 3.63) is 41.3 Å². The van der Waals surface area contributed by atoms with Gasteiger partial charge in [0.1, 0.15) is 5.82 Å². The Labute approximate surface area is 129 Å². The molecule has 3 rings (SSSR count). The molecule has 0 unspecified atom stereocenters. The summed E-state index contributed by atoms with van der Waals surface area (Å²) in [6.07, 6.45) is 3.46. The van der Waals surface area contributed by atoms with Gasteiger partial charge in [-0.15, -0.1) is 0 Å². The molecule has 1 aliphatic heterocycles. The number of nitrogens with zero attached hydrogens (tertiary/aromatic N) is 4. The minimum Gasteiger partial charge on any atom is -0.378 e. The summed E-state index contributed by atoms with van der Waals surface area (Å²) in [5.41, 5.74) is 8.25. The second kappa shape index (κ2) is 6.41. The molecule has 2 aromatic rings. The van der Waals surface area contributed by atoms with Crippen molar-refractivity contribution in [2.75, 3.05) is 36.9 Å². The molecule has 0 aromatic carbocycles. The molecule has 1 saturated heterocycles. The van der Waals surface area contributed by atoms with Crippen LogP contribution >= 0.6 is 0 Å². The summed E-state index contributed by atoms with van der Waals surface area (Å²) in [4.78, 5) is 14.8. The minimum atomic E-state index is 0.269. The summed E-state index contributed by atoms with van der Waals surface area (Å²) >= 11 is 0. The van der Waals surface area contributed by atoms with Crippen LogP contribution in [-0.4, -0.2) is 41.3 Å². The molecule has 1 fully saturated rings. The van der Waals surface area contributed by atoms with Crippen LogP contribution in [0.15, 0.2) is 24.5 Å². The maximum atomic E-state index is 5.80. The van der Waals surface area contributed by atoms with Crippen molar-refractivity contribution in [1.82, 2.24) is 15.0 Å². The Balaban J connectivity index is 2.01. The average Bonchev–Trinajstić information content (AvgIpc) is 2.55. The number of ether oxygens (including phenoxy) is 1. The van der Waals surface area contributed by atoms with Crippen LogP contribution in [0.4, 0.5) is 11.8 Å². The molecule has 0 bridgehead atoms. The first kappa shape index (κ1) is 14.3. The van der Waals surface area contributed by atoms with Gasteiger partial charge >= 0.3 is 0 Å². The number of pyridine rings is 1. The fourth-order valence-electron chi connectivity index (χ4n) is 2.30. The lowest BCUT2D eigenvalue weighted by molar-refractivity contribution is 0.122. The van der Waals surface area contributed by atoms with E-state index in [1.165, 1.54) is 0 Å². The van der Waals surface area contributed by atoms with E-state index in [2.05, 4.69) is 31.7 Å². The highest BCUT2D eigenvalue weighted by molar-refractivity contribution is 5.61. The quantitative estimate of drug-likeness (QED) is 0.791. The number of hydrogen-bond donors (Lipinski definition) is 1. The van der Waals surface area contributed by atoms with Crippen molar-refractivity contribution in [3.63, 3.8) is 0 Å². The summed E-state index contributed by atoms with van der Waals surface area (Å²) in [5, 5.41) is 0. The zero-order chi connectivity index (χ0) is 15.4. The number of aryl methyl sites for hydroxylation is 1. The number of nitrogens with two attached hydrogens (primary N) is 1. The van der Waals surface area contributed by atoms with Gasteiger partial charge in [-0.1, -0.05) is 11.8 Å². The van der Waals surface area contributed by atoms with Gasteiger partial charge in [-0.05, 0) is 19.1 Å². The van der Waals surface area contributed by atoms with Crippen molar-refractivity contribution in [2.45, 2.75) is 6.92 Å². The maximum absolute atomic E-state index is 5.80. The highest BCUT2D eigenvalue weighted by Gasteiger charge is 2.18. The van der Waals surface area contributed by atoms with Gasteiger partial charge in [-0.3, -0.25) is 4.98 Å². The predicted molar refractivity (Wildman–Crippen MR) is 84.4 cm³/mol. The Morgan fingerprint density at radius 2 is 2.05 bits per heavy atom. The molecule has 3 heterocycles. The number of hydrogen-bond acceptors (Lipinski definition) is 6. The lowest BCUT2D eigenvalue weighted by Crippen LogP contribution is -2.37. The third kappa shape index (κ3) is 3.15. The van der Waals surface area contributed by atoms with Crippen LogP contribution in [0, 0.1) is 18.8 Å². The van der Waals surface area contributed by atoms with E-state index in [1.54, 1.807) is 12.4 Å². The third-order valence-electron chi connectivity index (χ3n) is 3.39. The van der Waals surface area contributed by atoms with Gasteiger partial charge in [0.25, 0.3) is 0 Å². The van der Waals surface area contributed by atoms with Crippen molar-refractivity contribution in [3.8, 4) is 11.8 Å². The molecule has 6 heteroatoms. The van der Waals surface area contributed by atoms with E-state index in [9.17, 15) is 0 Å². The zero-order valence-corrected chi connectivity index (χ0v) is 12.4. The van der Waals surface area contributed by atoms with Gasteiger partial charge in [0.15, 0.2) is 0 Å². The van der Waals surface area contributed by atoms with E-state index in [0.717, 1.165) is 35.7 Å². The van der Waals surface area contributed by atoms with Gasteiger partial charge in [0.2, 0.25) is 5.95 Å². The number of anilines is 2. The largest absolute Gasteiger partial charge is 0.378 e. The van der Waals surface area contributed by atoms with E-state index < -0.39 is 0 Å². The van der Waals surface area contributed by atoms with Crippen LogP contribution in [0.3, 0.4) is 0 Å². The Morgan fingerprint density at radius 3 is 2.77 bits per heavy atom. The molecular weight excluding hydrogens is 278 g/mol. The molecule has 2 N–H and O–H groups in total. The first-order chi connectivity index (χ1) is 10.7. The van der Waals surface area contributed by atoms with Crippen LogP contribution in [0.25, 0.3) is 0 Å². The smallest absolute Gasteiger partial charge is 0.222 e. The summed E-state index contributed by atoms with van der Waals surface area (Å²) < 4.78 is 5.39. The lowest BCUT2D eigenvalue weighted by atomic mass is 10.2. The fourth-order valence-corrected chi connectivity index (χ4v) is 2.30. The molecule has 0 atom stereocenters. The molecule has 0 aliphatic carbocycles. The summed E-state index contributed by atoms with van der Waals surface area (Å²) in [6.45, 7) is 4.81. The van der Waals surface area contributed by atoms with Crippen molar-refractivity contribution in [2.24, 2.45) is 0 Å². The van der Waals surface area contributed by atoms with Gasteiger partial charge in [0, 0.05) is 31.0 Å². The van der Waals surface area contributed by atoms with Crippen LogP contribution in [0.2, 0.25) is 0 Å².